The maximum absolute atomic E-state index is 13.8. The monoisotopic (exact) mass is 455 g/mol. The van der Waals surface area contributed by atoms with Gasteiger partial charge >= 0.3 is 0 Å². The van der Waals surface area contributed by atoms with Crippen molar-refractivity contribution < 1.29 is 13.9 Å². The van der Waals surface area contributed by atoms with Crippen molar-refractivity contribution in [2.24, 2.45) is 0 Å². The number of pyridine rings is 1. The summed E-state index contributed by atoms with van der Waals surface area (Å²) in [5.74, 6) is 1.03. The molecule has 0 radical (unpaired) electrons. The second-order valence-electron chi connectivity index (χ2n) is 7.93. The van der Waals surface area contributed by atoms with Gasteiger partial charge in [0.25, 0.3) is 0 Å². The van der Waals surface area contributed by atoms with Crippen LogP contribution in [0.5, 0.6) is 11.5 Å². The van der Waals surface area contributed by atoms with E-state index in [2.05, 4.69) is 9.88 Å². The van der Waals surface area contributed by atoms with Crippen LogP contribution in [0, 0.1) is 5.82 Å². The van der Waals surface area contributed by atoms with Crippen LogP contribution in [0.4, 0.5) is 10.2 Å². The third-order valence-corrected chi connectivity index (χ3v) is 6.07. The minimum absolute atomic E-state index is 0.0444. The fraction of sp³-hybridized carbons (Fsp3) is 0.320. The van der Waals surface area contributed by atoms with Crippen LogP contribution in [0.3, 0.4) is 0 Å². The van der Waals surface area contributed by atoms with Crippen LogP contribution in [-0.4, -0.2) is 36.1 Å². The van der Waals surface area contributed by atoms with E-state index < -0.39 is 11.9 Å². The number of benzene rings is 2. The Bertz CT molecular complexity index is 1060. The van der Waals surface area contributed by atoms with Gasteiger partial charge in [0, 0.05) is 23.9 Å². The zero-order valence-corrected chi connectivity index (χ0v) is 18.8. The molecular weight excluding hydrogens is 429 g/mol. The minimum Gasteiger partial charge on any atom is -0.492 e. The van der Waals surface area contributed by atoms with E-state index in [9.17, 15) is 4.39 Å². The Labute approximate surface area is 192 Å². The molecule has 2 aromatic carbocycles. The molecule has 4 rings (SSSR count). The lowest BCUT2D eigenvalue weighted by atomic mass is 10.1. The van der Waals surface area contributed by atoms with Crippen LogP contribution < -0.4 is 15.2 Å². The van der Waals surface area contributed by atoms with Gasteiger partial charge in [-0.1, -0.05) is 35.9 Å². The molecule has 2 N–H and O–H groups in total. The quantitative estimate of drug-likeness (QED) is 0.469. The molecular formula is C25H27ClFN3O2. The van der Waals surface area contributed by atoms with Gasteiger partial charge in [0.2, 0.25) is 0 Å². The maximum atomic E-state index is 13.8. The van der Waals surface area contributed by atoms with Gasteiger partial charge in [-0.2, -0.15) is 0 Å². The van der Waals surface area contributed by atoms with Crippen LogP contribution in [0.15, 0.2) is 54.7 Å². The smallest absolute Gasteiger partial charge is 0.166 e. The van der Waals surface area contributed by atoms with Crippen molar-refractivity contribution in [2.45, 2.75) is 25.9 Å². The second-order valence-corrected chi connectivity index (χ2v) is 8.31. The van der Waals surface area contributed by atoms with Crippen molar-refractivity contribution in [2.75, 3.05) is 32.0 Å². The minimum atomic E-state index is -0.496. The molecule has 0 amide bonds. The Morgan fingerprint density at radius 1 is 1.12 bits per heavy atom. The summed E-state index contributed by atoms with van der Waals surface area (Å²) in [4.78, 5) is 6.69. The number of anilines is 1. The lowest BCUT2D eigenvalue weighted by molar-refractivity contribution is 0.227. The Morgan fingerprint density at radius 3 is 2.62 bits per heavy atom. The highest BCUT2D eigenvalue weighted by molar-refractivity contribution is 6.31. The SMILES string of the molecule is CC(Oc1cc(-c2ccc(OCCN3CCCC3)cc2)cnc1N)c1cccc(F)c1Cl. The van der Waals surface area contributed by atoms with Crippen molar-refractivity contribution in [3.63, 3.8) is 0 Å². The maximum Gasteiger partial charge on any atom is 0.166 e. The predicted octanol–water partition coefficient (Wildman–Crippen LogP) is 5.74. The molecule has 0 spiro atoms. The van der Waals surface area contributed by atoms with Crippen LogP contribution in [0.2, 0.25) is 5.02 Å². The highest BCUT2D eigenvalue weighted by atomic mass is 35.5. The highest BCUT2D eigenvalue weighted by Gasteiger charge is 2.16. The topological polar surface area (TPSA) is 60.6 Å². The number of hydrogen-bond donors (Lipinski definition) is 1. The summed E-state index contributed by atoms with van der Waals surface area (Å²) < 4.78 is 25.7. The van der Waals surface area contributed by atoms with Gasteiger partial charge in [-0.05, 0) is 62.7 Å². The van der Waals surface area contributed by atoms with Crippen LogP contribution >= 0.6 is 11.6 Å². The van der Waals surface area contributed by atoms with Gasteiger partial charge in [0.15, 0.2) is 11.6 Å². The lowest BCUT2D eigenvalue weighted by Gasteiger charge is -2.18. The number of hydrogen-bond acceptors (Lipinski definition) is 5. The van der Waals surface area contributed by atoms with E-state index in [1.54, 1.807) is 25.3 Å². The molecule has 1 aliphatic rings. The first-order chi connectivity index (χ1) is 15.5. The molecule has 7 heteroatoms. The van der Waals surface area contributed by atoms with Crippen LogP contribution in [-0.2, 0) is 0 Å². The fourth-order valence-corrected chi connectivity index (χ4v) is 4.12. The zero-order valence-electron chi connectivity index (χ0n) is 18.1. The standard InChI is InChI=1S/C25H27ClFN3O2/c1-17(21-5-4-6-22(27)24(21)26)32-23-15-19(16-29-25(23)28)18-7-9-20(10-8-18)31-14-13-30-11-2-3-12-30/h4-10,15-17H,2-3,11-14H2,1H3,(H2,28,29). The van der Waals surface area contributed by atoms with Crippen molar-refractivity contribution >= 4 is 17.4 Å². The molecule has 32 heavy (non-hydrogen) atoms. The number of rotatable bonds is 8. The van der Waals surface area contributed by atoms with Gasteiger partial charge in [-0.25, -0.2) is 9.37 Å². The largest absolute Gasteiger partial charge is 0.492 e. The molecule has 0 aliphatic carbocycles. The number of nitrogens with zero attached hydrogens (tertiary/aromatic N) is 2. The third-order valence-electron chi connectivity index (χ3n) is 5.67. The first kappa shape index (κ1) is 22.4. The molecule has 0 bridgehead atoms. The number of halogens is 2. The van der Waals surface area contributed by atoms with Gasteiger partial charge in [-0.15, -0.1) is 0 Å². The Balaban J connectivity index is 1.43. The van der Waals surface area contributed by atoms with E-state index in [4.69, 9.17) is 26.8 Å². The molecule has 168 valence electrons. The molecule has 1 aliphatic heterocycles. The molecule has 1 aromatic heterocycles. The van der Waals surface area contributed by atoms with Gasteiger partial charge in [0.1, 0.15) is 24.3 Å². The van der Waals surface area contributed by atoms with Gasteiger partial charge < -0.3 is 15.2 Å². The van der Waals surface area contributed by atoms with Crippen molar-refractivity contribution in [3.05, 3.63) is 71.1 Å². The Hall–Kier alpha value is -2.83. The summed E-state index contributed by atoms with van der Waals surface area (Å²) in [5, 5.41) is 0.0444. The summed E-state index contributed by atoms with van der Waals surface area (Å²) >= 11 is 6.09. The average Bonchev–Trinajstić information content (AvgIpc) is 3.31. The van der Waals surface area contributed by atoms with Crippen molar-refractivity contribution in [3.8, 4) is 22.6 Å². The Morgan fingerprint density at radius 2 is 1.88 bits per heavy atom. The average molecular weight is 456 g/mol. The summed E-state index contributed by atoms with van der Waals surface area (Å²) in [6, 6.07) is 14.3. The molecule has 5 nitrogen and oxygen atoms in total. The molecule has 0 saturated carbocycles. The number of nitrogen functional groups attached to an aromatic ring is 1. The van der Waals surface area contributed by atoms with E-state index in [0.29, 0.717) is 17.9 Å². The van der Waals surface area contributed by atoms with E-state index in [1.165, 1.54) is 32.0 Å². The first-order valence-corrected chi connectivity index (χ1v) is 11.2. The second kappa shape index (κ2) is 10.2. The number of ether oxygens (including phenoxy) is 2. The first-order valence-electron chi connectivity index (χ1n) is 10.8. The van der Waals surface area contributed by atoms with E-state index in [1.807, 2.05) is 30.3 Å². The van der Waals surface area contributed by atoms with Crippen LogP contribution in [0.25, 0.3) is 11.1 Å². The fourth-order valence-electron chi connectivity index (χ4n) is 3.84. The molecule has 1 fully saturated rings. The third kappa shape index (κ3) is 5.31. The van der Waals surface area contributed by atoms with Crippen molar-refractivity contribution in [1.82, 2.24) is 9.88 Å². The summed E-state index contributed by atoms with van der Waals surface area (Å²) in [6.07, 6.45) is 3.77. The Kier molecular flexibility index (Phi) is 7.12. The number of aromatic nitrogens is 1. The van der Waals surface area contributed by atoms with Crippen molar-refractivity contribution in [1.29, 1.82) is 0 Å². The summed E-state index contributed by atoms with van der Waals surface area (Å²) in [5.41, 5.74) is 8.39. The molecule has 1 unspecified atom stereocenters. The molecule has 1 atom stereocenters. The highest BCUT2D eigenvalue weighted by Crippen LogP contribution is 2.33. The van der Waals surface area contributed by atoms with Gasteiger partial charge in [0.05, 0.1) is 5.02 Å². The summed E-state index contributed by atoms with van der Waals surface area (Å²) in [7, 11) is 0. The van der Waals surface area contributed by atoms with Gasteiger partial charge in [-0.3, -0.25) is 4.90 Å². The number of likely N-dealkylation sites (tertiary alicyclic amines) is 1. The zero-order chi connectivity index (χ0) is 22.5. The molecule has 3 aromatic rings. The van der Waals surface area contributed by atoms with E-state index in [0.717, 1.165) is 23.4 Å². The normalized spacial score (nSPS) is 15.0. The summed E-state index contributed by atoms with van der Waals surface area (Å²) in [6.45, 7) is 5.77. The van der Waals surface area contributed by atoms with E-state index in [-0.39, 0.29) is 10.8 Å². The van der Waals surface area contributed by atoms with E-state index >= 15 is 0 Å². The number of nitrogens with two attached hydrogens (primary N) is 1. The molecule has 1 saturated heterocycles. The molecule has 2 heterocycles. The predicted molar refractivity (Wildman–Crippen MR) is 126 cm³/mol. The van der Waals surface area contributed by atoms with Crippen LogP contribution in [0.1, 0.15) is 31.4 Å². The lowest BCUT2D eigenvalue weighted by Crippen LogP contribution is -2.25.